The average molecular weight is 344 g/mol. The van der Waals surface area contributed by atoms with E-state index in [9.17, 15) is 14.4 Å². The molecule has 0 atom stereocenters. The topological polar surface area (TPSA) is 66.9 Å². The maximum absolute atomic E-state index is 12.1. The Hall–Kier alpha value is -1.24. The van der Waals surface area contributed by atoms with Crippen LogP contribution in [0.2, 0.25) is 0 Å². The van der Waals surface area contributed by atoms with E-state index in [2.05, 4.69) is 12.6 Å². The fraction of sp³-hybridized carbons (Fsp3) is 0.812. The van der Waals surface area contributed by atoms with Gasteiger partial charge in [0.1, 0.15) is 11.4 Å². The Morgan fingerprint density at radius 1 is 0.957 bits per heavy atom. The van der Waals surface area contributed by atoms with Gasteiger partial charge in [-0.2, -0.15) is 12.6 Å². The fourth-order valence-corrected chi connectivity index (χ4v) is 2.46. The molecule has 0 aromatic heterocycles. The molecular formula is C16H28N2O4S. The minimum absolute atomic E-state index is 0.0900. The second kappa shape index (κ2) is 9.15. The summed E-state index contributed by atoms with van der Waals surface area (Å²) < 4.78 is 5.33. The predicted molar refractivity (Wildman–Crippen MR) is 91.7 cm³/mol. The van der Waals surface area contributed by atoms with Crippen LogP contribution in [0.25, 0.3) is 0 Å². The Morgan fingerprint density at radius 3 is 2.00 bits per heavy atom. The van der Waals surface area contributed by atoms with E-state index in [1.807, 2.05) is 20.8 Å². The first-order valence-electron chi connectivity index (χ1n) is 8.11. The molecule has 1 saturated heterocycles. The van der Waals surface area contributed by atoms with E-state index in [4.69, 9.17) is 4.74 Å². The molecular weight excluding hydrogens is 316 g/mol. The number of thiol groups is 1. The Morgan fingerprint density at radius 2 is 1.48 bits per heavy atom. The molecule has 132 valence electrons. The monoisotopic (exact) mass is 344 g/mol. The molecule has 1 fully saturated rings. The van der Waals surface area contributed by atoms with Crippen LogP contribution in [0.5, 0.6) is 0 Å². The van der Waals surface area contributed by atoms with Crippen LogP contribution in [0.4, 0.5) is 4.79 Å². The van der Waals surface area contributed by atoms with Crippen LogP contribution in [-0.4, -0.2) is 65.1 Å². The summed E-state index contributed by atoms with van der Waals surface area (Å²) in [5.74, 6) is 0.472. The van der Waals surface area contributed by atoms with Crippen molar-refractivity contribution in [2.45, 2.75) is 52.1 Å². The lowest BCUT2D eigenvalue weighted by Crippen LogP contribution is -2.51. The smallest absolute Gasteiger partial charge is 0.410 e. The van der Waals surface area contributed by atoms with E-state index >= 15 is 0 Å². The molecule has 23 heavy (non-hydrogen) atoms. The normalized spacial score (nSPS) is 15.5. The maximum atomic E-state index is 12.1. The molecule has 7 heteroatoms. The molecule has 0 spiro atoms. The quantitative estimate of drug-likeness (QED) is 0.592. The molecule has 1 heterocycles. The first-order valence-corrected chi connectivity index (χ1v) is 8.74. The molecule has 0 unspecified atom stereocenters. The molecule has 0 aromatic rings. The van der Waals surface area contributed by atoms with E-state index < -0.39 is 5.60 Å². The Balaban J connectivity index is 2.26. The number of carbonyl (C=O) groups excluding carboxylic acids is 3. The van der Waals surface area contributed by atoms with Crippen molar-refractivity contribution in [1.29, 1.82) is 0 Å². The summed E-state index contributed by atoms with van der Waals surface area (Å²) in [4.78, 5) is 38.6. The summed E-state index contributed by atoms with van der Waals surface area (Å²) in [7, 11) is 0. The van der Waals surface area contributed by atoms with Crippen molar-refractivity contribution in [2.24, 2.45) is 0 Å². The van der Waals surface area contributed by atoms with Gasteiger partial charge in [0.2, 0.25) is 5.91 Å². The van der Waals surface area contributed by atoms with E-state index in [-0.39, 0.29) is 23.5 Å². The highest BCUT2D eigenvalue weighted by atomic mass is 32.1. The number of carbonyl (C=O) groups is 3. The molecule has 1 aliphatic rings. The van der Waals surface area contributed by atoms with Crippen LogP contribution in [0.1, 0.15) is 46.5 Å². The number of nitrogens with zero attached hydrogens (tertiary/aromatic N) is 2. The molecule has 1 rings (SSSR count). The van der Waals surface area contributed by atoms with Crippen molar-refractivity contribution >= 4 is 30.4 Å². The summed E-state index contributed by atoms with van der Waals surface area (Å²) >= 11 is 3.92. The van der Waals surface area contributed by atoms with Gasteiger partial charge < -0.3 is 14.5 Å². The van der Waals surface area contributed by atoms with E-state index in [0.717, 1.165) is 6.42 Å². The van der Waals surface area contributed by atoms with Gasteiger partial charge in [0, 0.05) is 44.8 Å². The van der Waals surface area contributed by atoms with Crippen molar-refractivity contribution in [1.82, 2.24) is 9.80 Å². The summed E-state index contributed by atoms with van der Waals surface area (Å²) in [6, 6.07) is 0. The van der Waals surface area contributed by atoms with Crippen LogP contribution >= 0.6 is 12.6 Å². The molecule has 0 aliphatic carbocycles. The minimum Gasteiger partial charge on any atom is -0.444 e. The van der Waals surface area contributed by atoms with E-state index in [1.165, 1.54) is 0 Å². The molecule has 2 amide bonds. The van der Waals surface area contributed by atoms with Crippen LogP contribution in [-0.2, 0) is 14.3 Å². The number of piperazine rings is 1. The summed E-state index contributed by atoms with van der Waals surface area (Å²) in [6.07, 6.45) is 2.05. The molecule has 0 N–H and O–H groups in total. The first kappa shape index (κ1) is 19.8. The Kier molecular flexibility index (Phi) is 7.88. The second-order valence-corrected chi connectivity index (χ2v) is 7.07. The third kappa shape index (κ3) is 7.72. The van der Waals surface area contributed by atoms with Gasteiger partial charge in [-0.1, -0.05) is 0 Å². The zero-order chi connectivity index (χ0) is 17.5. The lowest BCUT2D eigenvalue weighted by molar-refractivity contribution is -0.133. The summed E-state index contributed by atoms with van der Waals surface area (Å²) in [5.41, 5.74) is -0.505. The van der Waals surface area contributed by atoms with Crippen LogP contribution < -0.4 is 0 Å². The third-order valence-corrected chi connectivity index (χ3v) is 3.91. The number of ether oxygens (including phenoxy) is 1. The van der Waals surface area contributed by atoms with Crippen LogP contribution in [0.15, 0.2) is 0 Å². The van der Waals surface area contributed by atoms with Gasteiger partial charge >= 0.3 is 6.09 Å². The van der Waals surface area contributed by atoms with Gasteiger partial charge in [-0.05, 0) is 33.6 Å². The number of unbranched alkanes of at least 4 members (excludes halogenated alkanes) is 1. The first-order chi connectivity index (χ1) is 10.7. The van der Waals surface area contributed by atoms with E-state index in [1.54, 1.807) is 9.80 Å². The number of hydrogen-bond acceptors (Lipinski definition) is 5. The van der Waals surface area contributed by atoms with Crippen LogP contribution in [0, 0.1) is 0 Å². The largest absolute Gasteiger partial charge is 0.444 e. The van der Waals surface area contributed by atoms with Gasteiger partial charge in [0.25, 0.3) is 0 Å². The van der Waals surface area contributed by atoms with Crippen molar-refractivity contribution in [3.8, 4) is 0 Å². The van der Waals surface area contributed by atoms with Crippen molar-refractivity contribution < 1.29 is 19.1 Å². The number of Topliss-reactive ketones (excluding diaryl/α,β-unsaturated/α-hetero) is 1. The Labute approximate surface area is 143 Å². The second-order valence-electron chi connectivity index (χ2n) is 6.75. The van der Waals surface area contributed by atoms with E-state index in [0.29, 0.717) is 45.4 Å². The molecule has 6 nitrogen and oxygen atoms in total. The fourth-order valence-electron chi connectivity index (χ4n) is 2.30. The highest BCUT2D eigenvalue weighted by Crippen LogP contribution is 2.13. The summed E-state index contributed by atoms with van der Waals surface area (Å²) in [5, 5.41) is 0. The molecule has 0 saturated carbocycles. The minimum atomic E-state index is -0.505. The molecule has 0 aromatic carbocycles. The SMILES string of the molecule is CC(C)(C)OC(=O)N1CCN(C(=O)CCCCC(=O)CS)CC1. The Bertz CT molecular complexity index is 426. The van der Waals surface area contributed by atoms with Gasteiger partial charge in [-0.3, -0.25) is 9.59 Å². The highest BCUT2D eigenvalue weighted by Gasteiger charge is 2.27. The standard InChI is InChI=1S/C16H28N2O4S/c1-16(2,3)22-15(21)18-10-8-17(9-11-18)14(20)7-5-4-6-13(19)12-23/h23H,4-12H2,1-3H3. The van der Waals surface area contributed by atoms with Crippen molar-refractivity contribution in [3.63, 3.8) is 0 Å². The van der Waals surface area contributed by atoms with Crippen LogP contribution in [0.3, 0.4) is 0 Å². The maximum Gasteiger partial charge on any atom is 0.410 e. The van der Waals surface area contributed by atoms with Gasteiger partial charge in [0.15, 0.2) is 0 Å². The lowest BCUT2D eigenvalue weighted by Gasteiger charge is -2.35. The predicted octanol–water partition coefficient (Wildman–Crippen LogP) is 2.12. The van der Waals surface area contributed by atoms with Crippen molar-refractivity contribution in [3.05, 3.63) is 0 Å². The zero-order valence-electron chi connectivity index (χ0n) is 14.3. The van der Waals surface area contributed by atoms with Crippen molar-refractivity contribution in [2.75, 3.05) is 31.9 Å². The lowest BCUT2D eigenvalue weighted by atomic mass is 10.1. The molecule has 1 aliphatic heterocycles. The van der Waals surface area contributed by atoms with Gasteiger partial charge in [-0.15, -0.1) is 0 Å². The third-order valence-electron chi connectivity index (χ3n) is 3.56. The molecule has 0 bridgehead atoms. The highest BCUT2D eigenvalue weighted by molar-refractivity contribution is 7.81. The zero-order valence-corrected chi connectivity index (χ0v) is 15.2. The number of rotatable bonds is 6. The number of ketones is 1. The van der Waals surface area contributed by atoms with Gasteiger partial charge in [-0.25, -0.2) is 4.79 Å². The average Bonchev–Trinajstić information content (AvgIpc) is 2.49. The number of amides is 2. The molecule has 0 radical (unpaired) electrons. The van der Waals surface area contributed by atoms with Gasteiger partial charge in [0.05, 0.1) is 0 Å². The number of hydrogen-bond donors (Lipinski definition) is 1. The summed E-state index contributed by atoms with van der Waals surface area (Å²) in [6.45, 7) is 7.58.